The molecular formula is C19H28F3N3O5S. The van der Waals surface area contributed by atoms with Gasteiger partial charge >= 0.3 is 6.18 Å². The zero-order valence-electron chi connectivity index (χ0n) is 17.8. The summed E-state index contributed by atoms with van der Waals surface area (Å²) >= 11 is 0. The molecule has 8 nitrogen and oxygen atoms in total. The van der Waals surface area contributed by atoms with E-state index in [1.807, 2.05) is 18.6 Å². The van der Waals surface area contributed by atoms with Crippen LogP contribution in [0.4, 0.5) is 18.9 Å². The number of rotatable bonds is 4. The minimum Gasteiger partial charge on any atom is -0.491 e. The van der Waals surface area contributed by atoms with Crippen LogP contribution < -0.4 is 14.8 Å². The fourth-order valence-corrected chi connectivity index (χ4v) is 4.14. The standard InChI is InChI=1S/C19H28F3N3O5S/c1-12-8-23-13(2)10-30-16-6-5-14(24-31(27,28)11-19(20,21)22)7-15(16)18(26)25(3)9-17(12)29-4/h5-7,12-13,17,23-24H,8-11H2,1-4H3/t12-,13+,17+/m1/s1. The van der Waals surface area contributed by atoms with Crippen LogP contribution in [0.1, 0.15) is 24.2 Å². The quantitative estimate of drug-likeness (QED) is 0.704. The maximum atomic E-state index is 13.1. The molecule has 1 aromatic carbocycles. The summed E-state index contributed by atoms with van der Waals surface area (Å²) < 4.78 is 74.3. The number of sulfonamides is 1. The number of ether oxygens (including phenoxy) is 2. The Balaban J connectivity index is 2.37. The van der Waals surface area contributed by atoms with Crippen molar-refractivity contribution in [1.82, 2.24) is 10.2 Å². The van der Waals surface area contributed by atoms with Crippen LogP contribution in [0.15, 0.2) is 18.2 Å². The normalized spacial score (nSPS) is 23.9. The van der Waals surface area contributed by atoms with E-state index in [9.17, 15) is 26.4 Å². The highest BCUT2D eigenvalue weighted by atomic mass is 32.2. The third-order valence-electron chi connectivity index (χ3n) is 4.85. The number of nitrogens with zero attached hydrogens (tertiary/aromatic N) is 1. The van der Waals surface area contributed by atoms with E-state index in [2.05, 4.69) is 5.32 Å². The number of hydrogen-bond acceptors (Lipinski definition) is 6. The third-order valence-corrected chi connectivity index (χ3v) is 6.11. The van der Waals surface area contributed by atoms with E-state index in [0.717, 1.165) is 0 Å². The van der Waals surface area contributed by atoms with Gasteiger partial charge in [-0.15, -0.1) is 0 Å². The maximum absolute atomic E-state index is 13.1. The van der Waals surface area contributed by atoms with Crippen molar-refractivity contribution in [3.05, 3.63) is 23.8 Å². The average molecular weight is 468 g/mol. The van der Waals surface area contributed by atoms with Crippen LogP contribution in [-0.2, 0) is 14.8 Å². The number of anilines is 1. The van der Waals surface area contributed by atoms with Crippen LogP contribution >= 0.6 is 0 Å². The first-order valence-corrected chi connectivity index (χ1v) is 11.3. The Bertz CT molecular complexity index is 879. The van der Waals surface area contributed by atoms with Gasteiger partial charge in [-0.3, -0.25) is 9.52 Å². The molecule has 1 aliphatic rings. The van der Waals surface area contributed by atoms with E-state index in [1.165, 1.54) is 23.1 Å². The number of amides is 1. The molecule has 176 valence electrons. The summed E-state index contributed by atoms with van der Waals surface area (Å²) in [6.45, 7) is 5.04. The average Bonchev–Trinajstić information content (AvgIpc) is 2.65. The summed E-state index contributed by atoms with van der Waals surface area (Å²) in [6.07, 6.45) is -5.15. The molecule has 1 aromatic rings. The first-order chi connectivity index (χ1) is 14.3. The van der Waals surface area contributed by atoms with Gasteiger partial charge in [0.05, 0.1) is 11.7 Å². The van der Waals surface area contributed by atoms with Crippen molar-refractivity contribution in [2.75, 3.05) is 44.3 Å². The van der Waals surface area contributed by atoms with Gasteiger partial charge in [-0.1, -0.05) is 6.92 Å². The lowest BCUT2D eigenvalue weighted by Crippen LogP contribution is -2.44. The Labute approximate surface area is 180 Å². The Kier molecular flexibility index (Phi) is 8.17. The van der Waals surface area contributed by atoms with Gasteiger partial charge in [-0.2, -0.15) is 13.2 Å². The molecule has 0 radical (unpaired) electrons. The predicted octanol–water partition coefficient (Wildman–Crippen LogP) is 2.08. The third kappa shape index (κ3) is 7.54. The number of benzene rings is 1. The fraction of sp³-hybridized carbons (Fsp3) is 0.632. The van der Waals surface area contributed by atoms with Gasteiger partial charge in [0, 0.05) is 39.0 Å². The van der Waals surface area contributed by atoms with Crippen LogP contribution in [0.5, 0.6) is 5.75 Å². The second kappa shape index (κ2) is 10.0. The molecular weight excluding hydrogens is 439 g/mol. The highest BCUT2D eigenvalue weighted by Crippen LogP contribution is 2.27. The number of carbonyl (C=O) groups is 1. The van der Waals surface area contributed by atoms with Crippen molar-refractivity contribution in [2.24, 2.45) is 5.92 Å². The molecule has 0 fully saturated rings. The number of likely N-dealkylation sites (N-methyl/N-ethyl adjacent to an activating group) is 1. The number of nitrogens with one attached hydrogen (secondary N) is 2. The first-order valence-electron chi connectivity index (χ1n) is 9.67. The van der Waals surface area contributed by atoms with Gasteiger partial charge in [0.25, 0.3) is 5.91 Å². The number of halogens is 3. The fourth-order valence-electron chi connectivity index (χ4n) is 3.16. The van der Waals surface area contributed by atoms with Gasteiger partial charge in [0.15, 0.2) is 5.75 Å². The monoisotopic (exact) mass is 467 g/mol. The molecule has 2 N–H and O–H groups in total. The van der Waals surface area contributed by atoms with E-state index < -0.39 is 27.9 Å². The summed E-state index contributed by atoms with van der Waals surface area (Å²) in [4.78, 5) is 14.5. The molecule has 0 unspecified atom stereocenters. The number of carbonyl (C=O) groups excluding carboxylic acids is 1. The number of alkyl halides is 3. The molecule has 1 amide bonds. The van der Waals surface area contributed by atoms with Crippen LogP contribution in [0.3, 0.4) is 0 Å². The molecule has 0 aliphatic carbocycles. The van der Waals surface area contributed by atoms with Crippen LogP contribution in [0.2, 0.25) is 0 Å². The second-order valence-electron chi connectivity index (χ2n) is 7.74. The maximum Gasteiger partial charge on any atom is 0.404 e. The van der Waals surface area contributed by atoms with Gasteiger partial charge < -0.3 is 19.7 Å². The van der Waals surface area contributed by atoms with Crippen molar-refractivity contribution >= 4 is 21.6 Å². The van der Waals surface area contributed by atoms with Crippen LogP contribution in [-0.4, -0.2) is 77.2 Å². The van der Waals surface area contributed by atoms with Gasteiger partial charge in [-0.25, -0.2) is 8.42 Å². The highest BCUT2D eigenvalue weighted by molar-refractivity contribution is 7.92. The van der Waals surface area contributed by atoms with Crippen molar-refractivity contribution in [3.8, 4) is 5.75 Å². The zero-order chi connectivity index (χ0) is 23.4. The van der Waals surface area contributed by atoms with E-state index in [-0.39, 0.29) is 48.2 Å². The van der Waals surface area contributed by atoms with Crippen molar-refractivity contribution in [2.45, 2.75) is 32.2 Å². The minimum absolute atomic E-state index is 0.0324. The predicted molar refractivity (Wildman–Crippen MR) is 110 cm³/mol. The summed E-state index contributed by atoms with van der Waals surface area (Å²) in [5.41, 5.74) is -0.131. The highest BCUT2D eigenvalue weighted by Gasteiger charge is 2.35. The first kappa shape index (κ1) is 25.2. The molecule has 31 heavy (non-hydrogen) atoms. The van der Waals surface area contributed by atoms with E-state index in [0.29, 0.717) is 6.54 Å². The molecule has 12 heteroatoms. The minimum atomic E-state index is -4.89. The molecule has 0 saturated carbocycles. The van der Waals surface area contributed by atoms with Crippen LogP contribution in [0.25, 0.3) is 0 Å². The molecule has 0 saturated heterocycles. The summed E-state index contributed by atoms with van der Waals surface area (Å²) in [5.74, 6) is -2.21. The molecule has 0 spiro atoms. The van der Waals surface area contributed by atoms with Crippen molar-refractivity contribution < 1.29 is 35.9 Å². The van der Waals surface area contributed by atoms with E-state index >= 15 is 0 Å². The number of hydrogen-bond donors (Lipinski definition) is 2. The summed E-state index contributed by atoms with van der Waals surface area (Å²) in [7, 11) is -1.57. The van der Waals surface area contributed by atoms with Gasteiger partial charge in [0.1, 0.15) is 12.4 Å². The molecule has 1 aliphatic heterocycles. The Morgan fingerprint density at radius 1 is 1.32 bits per heavy atom. The van der Waals surface area contributed by atoms with E-state index in [1.54, 1.807) is 14.2 Å². The lowest BCUT2D eigenvalue weighted by molar-refractivity contribution is -0.106. The van der Waals surface area contributed by atoms with Crippen molar-refractivity contribution in [1.29, 1.82) is 0 Å². The van der Waals surface area contributed by atoms with Gasteiger partial charge in [-0.05, 0) is 31.0 Å². The summed E-state index contributed by atoms with van der Waals surface area (Å²) in [5, 5.41) is 3.33. The van der Waals surface area contributed by atoms with Crippen LogP contribution in [0, 0.1) is 5.92 Å². The Morgan fingerprint density at radius 3 is 2.61 bits per heavy atom. The molecule has 0 aromatic heterocycles. The topological polar surface area (TPSA) is 97.0 Å². The lowest BCUT2D eigenvalue weighted by atomic mass is 10.0. The molecule has 1 heterocycles. The second-order valence-corrected chi connectivity index (χ2v) is 9.47. The molecule has 0 bridgehead atoms. The summed E-state index contributed by atoms with van der Waals surface area (Å²) in [6, 6.07) is 3.74. The largest absolute Gasteiger partial charge is 0.491 e. The lowest BCUT2D eigenvalue weighted by Gasteiger charge is -2.30. The smallest absolute Gasteiger partial charge is 0.404 e. The molecule has 3 atom stereocenters. The van der Waals surface area contributed by atoms with Gasteiger partial charge in [0.2, 0.25) is 10.0 Å². The Morgan fingerprint density at radius 2 is 2.00 bits per heavy atom. The van der Waals surface area contributed by atoms with Crippen molar-refractivity contribution in [3.63, 3.8) is 0 Å². The number of methoxy groups -OCH3 is 1. The molecule has 2 rings (SSSR count). The SMILES string of the molecule is CO[C@H]1CN(C)C(=O)c2cc(NS(=O)(=O)CC(F)(F)F)ccc2OC[C@H](C)NC[C@H]1C. The van der Waals surface area contributed by atoms with E-state index in [4.69, 9.17) is 9.47 Å². The number of fused-ring (bicyclic) bond motifs is 1. The zero-order valence-corrected chi connectivity index (χ0v) is 18.6. The Hall–Kier alpha value is -2.05.